The second-order valence-corrected chi connectivity index (χ2v) is 5.09. The fourth-order valence-corrected chi connectivity index (χ4v) is 1.81. The molecule has 16 heavy (non-hydrogen) atoms. The summed E-state index contributed by atoms with van der Waals surface area (Å²) in [6.45, 7) is 5.65. The Kier molecular flexibility index (Phi) is 2.62. The fourth-order valence-electron chi connectivity index (χ4n) is 1.81. The van der Waals surface area contributed by atoms with Crippen LogP contribution in [0.1, 0.15) is 26.3 Å². The molecule has 0 amide bonds. The molecular formula is C13H17NO2. The van der Waals surface area contributed by atoms with E-state index in [1.807, 2.05) is 45.0 Å². The Bertz CT molecular complexity index is 382. The van der Waals surface area contributed by atoms with Crippen LogP contribution in [0, 0.1) is 0 Å². The van der Waals surface area contributed by atoms with Gasteiger partial charge in [0.15, 0.2) is 0 Å². The summed E-state index contributed by atoms with van der Waals surface area (Å²) >= 11 is 0. The monoisotopic (exact) mass is 219 g/mol. The quantitative estimate of drug-likeness (QED) is 0.737. The zero-order chi connectivity index (χ0) is 11.8. The maximum Gasteiger partial charge on any atom is 0.329 e. The molecule has 1 unspecified atom stereocenters. The summed E-state index contributed by atoms with van der Waals surface area (Å²) in [5.41, 5.74) is 1.80. The molecule has 1 aromatic carbocycles. The van der Waals surface area contributed by atoms with E-state index in [-0.39, 0.29) is 12.0 Å². The van der Waals surface area contributed by atoms with Crippen LogP contribution in [0.5, 0.6) is 0 Å². The first-order valence-electron chi connectivity index (χ1n) is 5.53. The predicted molar refractivity (Wildman–Crippen MR) is 63.4 cm³/mol. The Balaban J connectivity index is 2.04. The molecule has 0 bridgehead atoms. The molecule has 2 rings (SSSR count). The zero-order valence-corrected chi connectivity index (χ0v) is 9.91. The Morgan fingerprint density at radius 1 is 1.38 bits per heavy atom. The first kappa shape index (κ1) is 11.0. The smallest absolute Gasteiger partial charge is 0.329 e. The lowest BCUT2D eigenvalue weighted by molar-refractivity contribution is -0.155. The van der Waals surface area contributed by atoms with Crippen LogP contribution in [0.3, 0.4) is 0 Å². The van der Waals surface area contributed by atoms with Crippen molar-refractivity contribution < 1.29 is 9.53 Å². The maximum absolute atomic E-state index is 11.8. The van der Waals surface area contributed by atoms with Crippen LogP contribution >= 0.6 is 0 Å². The van der Waals surface area contributed by atoms with Crippen LogP contribution in [0.25, 0.3) is 0 Å². The number of carbonyl (C=O) groups excluding carboxylic acids is 1. The SMILES string of the molecule is CC(C)(C)OC(=O)C1Cc2ccccc2N1. The largest absolute Gasteiger partial charge is 0.458 e. The van der Waals surface area contributed by atoms with Crippen LogP contribution in [-0.2, 0) is 16.0 Å². The van der Waals surface area contributed by atoms with Crippen molar-refractivity contribution >= 4 is 11.7 Å². The average molecular weight is 219 g/mol. The van der Waals surface area contributed by atoms with Gasteiger partial charge in [0, 0.05) is 12.1 Å². The molecule has 0 fully saturated rings. The van der Waals surface area contributed by atoms with Crippen molar-refractivity contribution in [3.8, 4) is 0 Å². The van der Waals surface area contributed by atoms with Gasteiger partial charge in [-0.1, -0.05) is 18.2 Å². The summed E-state index contributed by atoms with van der Waals surface area (Å²) < 4.78 is 5.35. The number of hydrogen-bond donors (Lipinski definition) is 1. The second kappa shape index (κ2) is 3.81. The Labute approximate surface area is 95.8 Å². The first-order chi connectivity index (χ1) is 7.46. The van der Waals surface area contributed by atoms with Crippen LogP contribution in [0.15, 0.2) is 24.3 Å². The highest BCUT2D eigenvalue weighted by atomic mass is 16.6. The number of fused-ring (bicyclic) bond motifs is 1. The van der Waals surface area contributed by atoms with Gasteiger partial charge in [-0.3, -0.25) is 0 Å². The van der Waals surface area contributed by atoms with Gasteiger partial charge in [-0.25, -0.2) is 4.79 Å². The van der Waals surface area contributed by atoms with E-state index in [1.165, 1.54) is 5.56 Å². The minimum atomic E-state index is -0.423. The molecule has 1 aliphatic heterocycles. The highest BCUT2D eigenvalue weighted by Gasteiger charge is 2.30. The first-order valence-corrected chi connectivity index (χ1v) is 5.53. The molecule has 1 heterocycles. The molecule has 1 N–H and O–H groups in total. The topological polar surface area (TPSA) is 38.3 Å². The van der Waals surface area contributed by atoms with Gasteiger partial charge < -0.3 is 10.1 Å². The summed E-state index contributed by atoms with van der Waals surface area (Å²) in [6.07, 6.45) is 0.713. The summed E-state index contributed by atoms with van der Waals surface area (Å²) in [7, 11) is 0. The summed E-state index contributed by atoms with van der Waals surface area (Å²) in [4.78, 5) is 11.8. The van der Waals surface area contributed by atoms with Crippen molar-refractivity contribution in [3.05, 3.63) is 29.8 Å². The van der Waals surface area contributed by atoms with E-state index in [0.29, 0.717) is 6.42 Å². The van der Waals surface area contributed by atoms with Crippen molar-refractivity contribution in [3.63, 3.8) is 0 Å². The Hall–Kier alpha value is -1.51. The predicted octanol–water partition coefficient (Wildman–Crippen LogP) is 2.36. The van der Waals surface area contributed by atoms with E-state index in [0.717, 1.165) is 5.69 Å². The Morgan fingerprint density at radius 3 is 2.69 bits per heavy atom. The standard InChI is InChI=1S/C13H17NO2/c1-13(2,3)16-12(15)11-8-9-6-4-5-7-10(9)14-11/h4-7,11,14H,8H2,1-3H3. The van der Waals surface area contributed by atoms with Gasteiger partial charge in [-0.15, -0.1) is 0 Å². The molecule has 1 atom stereocenters. The van der Waals surface area contributed by atoms with Crippen molar-refractivity contribution in [2.24, 2.45) is 0 Å². The number of para-hydroxylation sites is 1. The number of carbonyl (C=O) groups is 1. The van der Waals surface area contributed by atoms with Gasteiger partial charge >= 0.3 is 5.97 Å². The van der Waals surface area contributed by atoms with E-state index in [1.54, 1.807) is 0 Å². The highest BCUT2D eigenvalue weighted by Crippen LogP contribution is 2.26. The van der Waals surface area contributed by atoms with E-state index in [9.17, 15) is 4.79 Å². The van der Waals surface area contributed by atoms with Crippen molar-refractivity contribution in [2.75, 3.05) is 5.32 Å². The molecule has 0 aliphatic carbocycles. The highest BCUT2D eigenvalue weighted by molar-refractivity contribution is 5.83. The Morgan fingerprint density at radius 2 is 2.06 bits per heavy atom. The maximum atomic E-state index is 11.8. The molecule has 0 saturated carbocycles. The number of ether oxygens (including phenoxy) is 1. The molecule has 86 valence electrons. The zero-order valence-electron chi connectivity index (χ0n) is 9.91. The lowest BCUT2D eigenvalue weighted by Gasteiger charge is -2.22. The minimum Gasteiger partial charge on any atom is -0.458 e. The van der Waals surface area contributed by atoms with Crippen LogP contribution in [0.2, 0.25) is 0 Å². The van der Waals surface area contributed by atoms with E-state index in [4.69, 9.17) is 4.74 Å². The molecule has 3 heteroatoms. The number of anilines is 1. The van der Waals surface area contributed by atoms with E-state index >= 15 is 0 Å². The van der Waals surface area contributed by atoms with Crippen LogP contribution in [0.4, 0.5) is 5.69 Å². The molecule has 0 saturated heterocycles. The molecule has 1 aromatic rings. The molecule has 1 aliphatic rings. The van der Waals surface area contributed by atoms with Gasteiger partial charge in [0.2, 0.25) is 0 Å². The lowest BCUT2D eigenvalue weighted by Crippen LogP contribution is -2.35. The van der Waals surface area contributed by atoms with Gasteiger partial charge in [-0.05, 0) is 32.4 Å². The van der Waals surface area contributed by atoms with Crippen molar-refractivity contribution in [1.29, 1.82) is 0 Å². The van der Waals surface area contributed by atoms with Gasteiger partial charge in [-0.2, -0.15) is 0 Å². The molecule has 3 nitrogen and oxygen atoms in total. The number of rotatable bonds is 1. The third-order valence-electron chi connectivity index (χ3n) is 2.46. The third kappa shape index (κ3) is 2.35. The van der Waals surface area contributed by atoms with E-state index in [2.05, 4.69) is 5.32 Å². The van der Waals surface area contributed by atoms with E-state index < -0.39 is 5.60 Å². The summed E-state index contributed by atoms with van der Waals surface area (Å²) in [5, 5.41) is 3.18. The number of nitrogens with one attached hydrogen (secondary N) is 1. The average Bonchev–Trinajstić information content (AvgIpc) is 2.58. The number of hydrogen-bond acceptors (Lipinski definition) is 3. The normalized spacial score (nSPS) is 18.8. The van der Waals surface area contributed by atoms with Crippen molar-refractivity contribution in [2.45, 2.75) is 38.8 Å². The molecule has 0 aromatic heterocycles. The number of benzene rings is 1. The lowest BCUT2D eigenvalue weighted by atomic mass is 10.1. The summed E-state index contributed by atoms with van der Waals surface area (Å²) in [5.74, 6) is -0.177. The second-order valence-electron chi connectivity index (χ2n) is 5.09. The molecule has 0 radical (unpaired) electrons. The molecule has 0 spiro atoms. The van der Waals surface area contributed by atoms with Crippen LogP contribution < -0.4 is 5.32 Å². The third-order valence-corrected chi connectivity index (χ3v) is 2.46. The van der Waals surface area contributed by atoms with Gasteiger partial charge in [0.1, 0.15) is 11.6 Å². The minimum absolute atomic E-state index is 0.177. The summed E-state index contributed by atoms with van der Waals surface area (Å²) in [6, 6.07) is 7.73. The molecular weight excluding hydrogens is 202 g/mol. The fraction of sp³-hybridized carbons (Fsp3) is 0.462. The van der Waals surface area contributed by atoms with Gasteiger partial charge in [0.25, 0.3) is 0 Å². The van der Waals surface area contributed by atoms with Gasteiger partial charge in [0.05, 0.1) is 0 Å². The van der Waals surface area contributed by atoms with Crippen LogP contribution in [-0.4, -0.2) is 17.6 Å². The number of esters is 1. The van der Waals surface area contributed by atoms with Crippen molar-refractivity contribution in [1.82, 2.24) is 0 Å².